The maximum absolute atomic E-state index is 12.4. The van der Waals surface area contributed by atoms with Crippen LogP contribution in [0.15, 0.2) is 60.7 Å². The number of nitrogens with zero attached hydrogens (tertiary/aromatic N) is 1. The predicted molar refractivity (Wildman–Crippen MR) is 99.7 cm³/mol. The van der Waals surface area contributed by atoms with Crippen molar-refractivity contribution in [2.75, 3.05) is 13.2 Å². The van der Waals surface area contributed by atoms with Crippen molar-refractivity contribution < 1.29 is 28.9 Å². The maximum atomic E-state index is 12.4. The van der Waals surface area contributed by atoms with Gasteiger partial charge in [-0.2, -0.15) is 0 Å². The van der Waals surface area contributed by atoms with Crippen LogP contribution in [0.4, 0.5) is 4.79 Å². The van der Waals surface area contributed by atoms with Crippen molar-refractivity contribution in [3.05, 3.63) is 71.8 Å². The zero-order chi connectivity index (χ0) is 19.8. The van der Waals surface area contributed by atoms with Crippen LogP contribution in [0.2, 0.25) is 0 Å². The molecule has 29 heavy (non-hydrogen) atoms. The van der Waals surface area contributed by atoms with E-state index in [0.29, 0.717) is 0 Å². The van der Waals surface area contributed by atoms with Crippen molar-refractivity contribution in [1.82, 2.24) is 10.4 Å². The monoisotopic (exact) mass is 398 g/mol. The number of hydrogen-bond donors (Lipinski definition) is 2. The molecule has 2 amide bonds. The first-order valence-corrected chi connectivity index (χ1v) is 9.62. The van der Waals surface area contributed by atoms with Gasteiger partial charge in [-0.15, -0.1) is 0 Å². The molecule has 0 aliphatic carbocycles. The Bertz CT molecular complexity index is 787. The molecule has 3 aliphatic rings. The van der Waals surface area contributed by atoms with Crippen molar-refractivity contribution >= 4 is 6.03 Å². The van der Waals surface area contributed by atoms with Crippen molar-refractivity contribution in [3.8, 4) is 0 Å². The summed E-state index contributed by atoms with van der Waals surface area (Å²) in [7, 11) is 0. The van der Waals surface area contributed by atoms with E-state index in [0.717, 1.165) is 11.1 Å². The summed E-state index contributed by atoms with van der Waals surface area (Å²) in [5.74, 6) is 0. The quantitative estimate of drug-likeness (QED) is 0.596. The van der Waals surface area contributed by atoms with Crippen LogP contribution in [-0.4, -0.2) is 53.6 Å². The normalized spacial score (nSPS) is 33.6. The molecule has 6 atom stereocenters. The average Bonchev–Trinajstić information content (AvgIpc) is 3.12. The standard InChI is InChI=1S/C21H22N2O6/c24-21(22-25)23-15-11-26-19(13-7-3-1-4-8-13)28-17(15)18-16(23)12-27-20(29-18)14-9-5-2-6-10-14/h1-10,15-20,25H,11-12H2,(H,22,24)/t15-,16-,17+,18+,19+,20+/m0/s1. The van der Waals surface area contributed by atoms with Crippen LogP contribution in [0.1, 0.15) is 23.7 Å². The van der Waals surface area contributed by atoms with Crippen molar-refractivity contribution in [2.24, 2.45) is 0 Å². The Morgan fingerprint density at radius 2 is 1.28 bits per heavy atom. The molecule has 3 saturated heterocycles. The van der Waals surface area contributed by atoms with Crippen LogP contribution in [-0.2, 0) is 18.9 Å². The molecule has 0 spiro atoms. The van der Waals surface area contributed by atoms with E-state index >= 15 is 0 Å². The number of benzene rings is 2. The number of amides is 2. The predicted octanol–water partition coefficient (Wildman–Crippen LogP) is 2.37. The first-order chi connectivity index (χ1) is 14.3. The molecule has 8 heteroatoms. The molecular weight excluding hydrogens is 376 g/mol. The second-order valence-electron chi connectivity index (χ2n) is 7.31. The van der Waals surface area contributed by atoms with E-state index in [4.69, 9.17) is 18.9 Å². The maximum Gasteiger partial charge on any atom is 0.341 e. The third kappa shape index (κ3) is 3.29. The number of nitrogens with one attached hydrogen (secondary N) is 1. The zero-order valence-electron chi connectivity index (χ0n) is 15.6. The fraction of sp³-hybridized carbons (Fsp3) is 0.381. The van der Waals surface area contributed by atoms with Crippen LogP contribution < -0.4 is 5.48 Å². The second-order valence-corrected chi connectivity index (χ2v) is 7.31. The van der Waals surface area contributed by atoms with E-state index < -0.39 is 42.9 Å². The van der Waals surface area contributed by atoms with E-state index in [1.54, 1.807) is 5.48 Å². The van der Waals surface area contributed by atoms with Gasteiger partial charge in [0.25, 0.3) is 0 Å². The number of urea groups is 1. The molecule has 0 aromatic heterocycles. The SMILES string of the molecule is O=C(NO)N1[C@H]2CO[C@@H](c3ccccc3)O[C@H]2[C@@H]2O[C@H](c3ccccc3)OC[C@@H]21. The van der Waals surface area contributed by atoms with Crippen LogP contribution in [0.3, 0.4) is 0 Å². The van der Waals surface area contributed by atoms with Gasteiger partial charge in [0.1, 0.15) is 12.2 Å². The summed E-state index contributed by atoms with van der Waals surface area (Å²) in [6.45, 7) is 0.536. The molecule has 3 heterocycles. The molecule has 0 radical (unpaired) electrons. The van der Waals surface area contributed by atoms with Crippen molar-refractivity contribution in [2.45, 2.75) is 36.9 Å². The van der Waals surface area contributed by atoms with Crippen molar-refractivity contribution in [3.63, 3.8) is 0 Å². The molecule has 0 bridgehead atoms. The van der Waals surface area contributed by atoms with E-state index in [2.05, 4.69) is 0 Å². The number of ether oxygens (including phenoxy) is 4. The van der Waals surface area contributed by atoms with Gasteiger partial charge in [-0.05, 0) is 0 Å². The molecule has 2 N–H and O–H groups in total. The molecule has 3 fully saturated rings. The summed E-state index contributed by atoms with van der Waals surface area (Å²) in [6.07, 6.45) is -1.91. The zero-order valence-corrected chi connectivity index (χ0v) is 15.6. The number of rotatable bonds is 2. The Labute approximate surface area is 167 Å². The minimum Gasteiger partial charge on any atom is -0.346 e. The van der Waals surface area contributed by atoms with Crippen LogP contribution in [0.5, 0.6) is 0 Å². The molecule has 0 saturated carbocycles. The summed E-state index contributed by atoms with van der Waals surface area (Å²) in [4.78, 5) is 13.9. The van der Waals surface area contributed by atoms with Gasteiger partial charge < -0.3 is 23.8 Å². The molecule has 3 aliphatic heterocycles. The van der Waals surface area contributed by atoms with E-state index in [1.807, 2.05) is 60.7 Å². The van der Waals surface area contributed by atoms with Crippen molar-refractivity contribution in [1.29, 1.82) is 0 Å². The van der Waals surface area contributed by atoms with Gasteiger partial charge in [0, 0.05) is 11.1 Å². The Balaban J connectivity index is 1.42. The lowest BCUT2D eigenvalue weighted by molar-refractivity contribution is -0.278. The molecule has 0 unspecified atom stereocenters. The molecule has 2 aromatic carbocycles. The fourth-order valence-corrected chi connectivity index (χ4v) is 4.35. The Kier molecular flexibility index (Phi) is 4.94. The molecular formula is C21H22N2O6. The first-order valence-electron chi connectivity index (χ1n) is 9.62. The molecule has 5 rings (SSSR count). The minimum absolute atomic E-state index is 0.268. The number of hydroxylamine groups is 1. The lowest BCUT2D eigenvalue weighted by Crippen LogP contribution is -2.53. The first kappa shape index (κ1) is 18.5. The van der Waals surface area contributed by atoms with Gasteiger partial charge >= 0.3 is 6.03 Å². The Morgan fingerprint density at radius 3 is 1.69 bits per heavy atom. The summed E-state index contributed by atoms with van der Waals surface area (Å²) in [5, 5.41) is 9.23. The van der Waals surface area contributed by atoms with Crippen LogP contribution in [0.25, 0.3) is 0 Å². The lowest BCUT2D eigenvalue weighted by Gasteiger charge is -2.37. The topological polar surface area (TPSA) is 89.5 Å². The number of likely N-dealkylation sites (tertiary alicyclic amines) is 1. The average molecular weight is 398 g/mol. The van der Waals surface area contributed by atoms with Gasteiger partial charge in [-0.25, -0.2) is 10.3 Å². The van der Waals surface area contributed by atoms with Gasteiger partial charge in [0.05, 0.1) is 25.3 Å². The highest BCUT2D eigenvalue weighted by Crippen LogP contribution is 2.42. The highest BCUT2D eigenvalue weighted by molar-refractivity contribution is 5.74. The summed E-state index contributed by atoms with van der Waals surface area (Å²) >= 11 is 0. The van der Waals surface area contributed by atoms with E-state index in [1.165, 1.54) is 4.90 Å². The molecule has 8 nitrogen and oxygen atoms in total. The number of carbonyl (C=O) groups is 1. The van der Waals surface area contributed by atoms with E-state index in [-0.39, 0.29) is 13.2 Å². The third-order valence-electron chi connectivity index (χ3n) is 5.67. The van der Waals surface area contributed by atoms with Crippen LogP contribution in [0, 0.1) is 0 Å². The largest absolute Gasteiger partial charge is 0.346 e. The highest BCUT2D eigenvalue weighted by atomic mass is 16.7. The van der Waals surface area contributed by atoms with E-state index in [9.17, 15) is 10.0 Å². The second kappa shape index (κ2) is 7.74. The summed E-state index contributed by atoms with van der Waals surface area (Å²) in [5.41, 5.74) is 3.53. The fourth-order valence-electron chi connectivity index (χ4n) is 4.35. The summed E-state index contributed by atoms with van der Waals surface area (Å²) in [6, 6.07) is 17.9. The highest BCUT2D eigenvalue weighted by Gasteiger charge is 2.57. The van der Waals surface area contributed by atoms with Crippen LogP contribution >= 0.6 is 0 Å². The van der Waals surface area contributed by atoms with Gasteiger partial charge in [0.15, 0.2) is 12.6 Å². The molecule has 2 aromatic rings. The minimum atomic E-state index is -0.622. The number of hydrogen-bond acceptors (Lipinski definition) is 6. The smallest absolute Gasteiger partial charge is 0.341 e. The molecule has 152 valence electrons. The number of carbonyl (C=O) groups excluding carboxylic acids is 1. The van der Waals surface area contributed by atoms with Gasteiger partial charge in [-0.1, -0.05) is 60.7 Å². The number of fused-ring (bicyclic) bond motifs is 3. The lowest BCUT2D eigenvalue weighted by atomic mass is 10.0. The van der Waals surface area contributed by atoms with Gasteiger partial charge in [0.2, 0.25) is 0 Å². The Hall–Kier alpha value is -2.49. The van der Waals surface area contributed by atoms with Gasteiger partial charge in [-0.3, -0.25) is 5.21 Å². The third-order valence-corrected chi connectivity index (χ3v) is 5.67. The summed E-state index contributed by atoms with van der Waals surface area (Å²) < 4.78 is 24.3. The Morgan fingerprint density at radius 1 is 0.828 bits per heavy atom.